The minimum Gasteiger partial charge on any atom is -0.491 e. The predicted octanol–water partition coefficient (Wildman–Crippen LogP) is 9.75. The summed E-state index contributed by atoms with van der Waals surface area (Å²) in [6.07, 6.45) is 6.11. The molecular weight excluding hydrogens is 836 g/mol. The molecule has 5 aromatic carbocycles. The highest BCUT2D eigenvalue weighted by molar-refractivity contribution is 6.30. The van der Waals surface area contributed by atoms with Gasteiger partial charge >= 0.3 is 0 Å². The Hall–Kier alpha value is -6.54. The molecule has 2 N–H and O–H groups in total. The van der Waals surface area contributed by atoms with Gasteiger partial charge in [-0.15, -0.1) is 0 Å². The Morgan fingerprint density at radius 2 is 1.66 bits per heavy atom. The summed E-state index contributed by atoms with van der Waals surface area (Å²) in [5.41, 5.74) is 8.37. The van der Waals surface area contributed by atoms with E-state index in [2.05, 4.69) is 60.8 Å². The first kappa shape index (κ1) is 42.7. The number of halogens is 3. The van der Waals surface area contributed by atoms with Crippen LogP contribution < -0.4 is 10.3 Å². The molecule has 0 saturated heterocycles. The molecule has 64 heavy (non-hydrogen) atoms. The average Bonchev–Trinajstić information content (AvgIpc) is 3.96. The van der Waals surface area contributed by atoms with Crippen molar-refractivity contribution in [3.8, 4) is 5.75 Å². The van der Waals surface area contributed by atoms with Crippen LogP contribution in [0.15, 0.2) is 114 Å². The predicted molar refractivity (Wildman–Crippen MR) is 244 cm³/mol. The Labute approximate surface area is 373 Å². The standard InChI is InChI=1S/C50H46ClF2N7O4/c1-3-39(40-16-13-36(51)26-43(40)53)45(33-12-17-44-35(23-33)28-55-57-44)32-10-14-38(15-11-32)64-22-21-63-20-19-62-18-4-5-30-6-8-31(9-7-30)41-25-34-24-37(52)27-42-46(34)48(58-59-50(42)61)47(41)49-54-29-56-60(49)2/h6-17,23-24,26-29,41,47H,3-5,18-22,25H2,1-2H3,(H,55,57)(H,59,61)/b45-39+/t41-,47-/m1/s1. The molecule has 0 aliphatic heterocycles. The van der Waals surface area contributed by atoms with E-state index >= 15 is 4.39 Å². The van der Waals surface area contributed by atoms with Crippen LogP contribution in [0.1, 0.15) is 76.5 Å². The number of aromatic amines is 2. The molecule has 0 bridgehead atoms. The molecule has 3 heterocycles. The van der Waals surface area contributed by atoms with Crippen LogP contribution in [0.2, 0.25) is 5.02 Å². The zero-order chi connectivity index (χ0) is 44.2. The van der Waals surface area contributed by atoms with Crippen LogP contribution in [0.3, 0.4) is 0 Å². The second-order valence-electron chi connectivity index (χ2n) is 15.9. The Morgan fingerprint density at radius 1 is 0.875 bits per heavy atom. The van der Waals surface area contributed by atoms with Gasteiger partial charge in [0.2, 0.25) is 0 Å². The summed E-state index contributed by atoms with van der Waals surface area (Å²) in [7, 11) is 1.84. The molecule has 0 fully saturated rings. The van der Waals surface area contributed by atoms with Crippen molar-refractivity contribution in [3.05, 3.63) is 181 Å². The molecule has 2 atom stereocenters. The molecule has 3 aromatic heterocycles. The van der Waals surface area contributed by atoms with E-state index in [0.717, 1.165) is 63.0 Å². The van der Waals surface area contributed by atoms with Gasteiger partial charge < -0.3 is 14.2 Å². The summed E-state index contributed by atoms with van der Waals surface area (Å²) in [5.74, 6) is 0.238. The molecule has 0 saturated carbocycles. The first-order chi connectivity index (χ1) is 31.2. The number of H-pyrrole nitrogens is 2. The van der Waals surface area contributed by atoms with E-state index in [1.165, 1.54) is 30.1 Å². The van der Waals surface area contributed by atoms with Gasteiger partial charge in [0, 0.05) is 40.9 Å². The number of hydrogen-bond acceptors (Lipinski definition) is 8. The molecule has 1 aliphatic carbocycles. The molecule has 326 valence electrons. The zero-order valence-electron chi connectivity index (χ0n) is 35.4. The number of ether oxygens (including phenoxy) is 3. The Morgan fingerprint density at radius 3 is 2.42 bits per heavy atom. The number of benzene rings is 5. The molecule has 8 aromatic rings. The second kappa shape index (κ2) is 19.1. The lowest BCUT2D eigenvalue weighted by atomic mass is 9.73. The van der Waals surface area contributed by atoms with E-state index < -0.39 is 11.4 Å². The van der Waals surface area contributed by atoms with Gasteiger partial charge in [-0.25, -0.2) is 18.9 Å². The van der Waals surface area contributed by atoms with Gasteiger partial charge in [0.15, 0.2) is 0 Å². The highest BCUT2D eigenvalue weighted by atomic mass is 35.5. The van der Waals surface area contributed by atoms with Crippen molar-refractivity contribution < 1.29 is 23.0 Å². The fourth-order valence-corrected chi connectivity index (χ4v) is 9.08. The Bertz CT molecular complexity index is 3020. The third kappa shape index (κ3) is 8.96. The third-order valence-corrected chi connectivity index (χ3v) is 12.2. The second-order valence-corrected chi connectivity index (χ2v) is 16.3. The first-order valence-electron chi connectivity index (χ1n) is 21.4. The highest BCUT2D eigenvalue weighted by Crippen LogP contribution is 2.46. The third-order valence-electron chi connectivity index (χ3n) is 11.9. The van der Waals surface area contributed by atoms with E-state index in [4.69, 9.17) is 25.8 Å². The van der Waals surface area contributed by atoms with Crippen LogP contribution in [0.25, 0.3) is 32.8 Å². The van der Waals surface area contributed by atoms with Crippen molar-refractivity contribution in [2.75, 3.05) is 33.0 Å². The monoisotopic (exact) mass is 881 g/mol. The number of aryl methyl sites for hydroxylation is 2. The quantitative estimate of drug-likeness (QED) is 0.0683. The van der Waals surface area contributed by atoms with Crippen LogP contribution in [0.4, 0.5) is 8.78 Å². The lowest BCUT2D eigenvalue weighted by molar-refractivity contribution is 0.0357. The smallest absolute Gasteiger partial charge is 0.272 e. The molecule has 0 unspecified atom stereocenters. The van der Waals surface area contributed by atoms with Crippen LogP contribution in [0.5, 0.6) is 5.75 Å². The zero-order valence-corrected chi connectivity index (χ0v) is 36.2. The summed E-state index contributed by atoms with van der Waals surface area (Å²) >= 11 is 6.11. The molecule has 0 amide bonds. The highest BCUT2D eigenvalue weighted by Gasteiger charge is 2.38. The van der Waals surface area contributed by atoms with Gasteiger partial charge in [0.05, 0.1) is 48.5 Å². The molecule has 1 aliphatic rings. The molecule has 9 rings (SSSR count). The molecule has 0 radical (unpaired) electrons. The van der Waals surface area contributed by atoms with Crippen molar-refractivity contribution in [1.82, 2.24) is 35.2 Å². The van der Waals surface area contributed by atoms with E-state index in [1.807, 2.05) is 50.4 Å². The SMILES string of the molecule is CC/C(=C(/c1ccc(OCCOCCOCCCc2ccc([C@H]3Cc4cc(F)cc5c(=O)[nH]nc(c45)[C@@H]3c3ncnn3C)cc2)cc1)c1ccc2[nH]ncc2c1)c1ccc(Cl)cc1F. The Kier molecular flexibility index (Phi) is 12.7. The van der Waals surface area contributed by atoms with Gasteiger partial charge in [0.25, 0.3) is 5.56 Å². The number of allylic oxidation sites excluding steroid dienone is 1. The maximum Gasteiger partial charge on any atom is 0.272 e. The minimum atomic E-state index is -0.445. The maximum atomic E-state index is 15.3. The normalized spacial score (nSPS) is 15.2. The van der Waals surface area contributed by atoms with Crippen LogP contribution in [0, 0.1) is 11.6 Å². The topological polar surface area (TPSA) is 133 Å². The van der Waals surface area contributed by atoms with Gasteiger partial charge in [-0.3, -0.25) is 14.6 Å². The van der Waals surface area contributed by atoms with Crippen molar-refractivity contribution in [1.29, 1.82) is 0 Å². The van der Waals surface area contributed by atoms with Gasteiger partial charge in [-0.2, -0.15) is 15.3 Å². The largest absolute Gasteiger partial charge is 0.491 e. The maximum absolute atomic E-state index is 15.3. The van der Waals surface area contributed by atoms with E-state index in [0.29, 0.717) is 78.7 Å². The average molecular weight is 882 g/mol. The molecule has 11 nitrogen and oxygen atoms in total. The van der Waals surface area contributed by atoms with Crippen molar-refractivity contribution in [2.45, 2.75) is 44.4 Å². The number of nitrogens with one attached hydrogen (secondary N) is 2. The summed E-state index contributed by atoms with van der Waals surface area (Å²) in [5, 5.41) is 20.9. The molecular formula is C50H46ClF2N7O4. The summed E-state index contributed by atoms with van der Waals surface area (Å²) < 4.78 is 49.4. The number of aromatic nitrogens is 7. The van der Waals surface area contributed by atoms with E-state index in [-0.39, 0.29) is 17.7 Å². The van der Waals surface area contributed by atoms with Crippen molar-refractivity contribution >= 4 is 44.4 Å². The lowest BCUT2D eigenvalue weighted by Crippen LogP contribution is -2.27. The van der Waals surface area contributed by atoms with Crippen LogP contribution >= 0.6 is 11.6 Å². The summed E-state index contributed by atoms with van der Waals surface area (Å²) in [4.78, 5) is 17.2. The summed E-state index contributed by atoms with van der Waals surface area (Å²) in [6, 6.07) is 30.0. The number of fused-ring (bicyclic) bond motifs is 1. The first-order valence-corrected chi connectivity index (χ1v) is 21.8. The fraction of sp³-hybridized carbons (Fsp3) is 0.260. The number of nitrogens with zero attached hydrogens (tertiary/aromatic N) is 5. The summed E-state index contributed by atoms with van der Waals surface area (Å²) in [6.45, 7) is 4.32. The Balaban J connectivity index is 0.745. The number of rotatable bonds is 17. The van der Waals surface area contributed by atoms with Crippen molar-refractivity contribution in [2.24, 2.45) is 7.05 Å². The van der Waals surface area contributed by atoms with Crippen molar-refractivity contribution in [3.63, 3.8) is 0 Å². The molecule has 0 spiro atoms. The van der Waals surface area contributed by atoms with Crippen LogP contribution in [-0.4, -0.2) is 68.2 Å². The number of hydrogen-bond donors (Lipinski definition) is 2. The minimum absolute atomic E-state index is 0.0959. The van der Waals surface area contributed by atoms with Gasteiger partial charge in [-0.05, 0) is 113 Å². The fourth-order valence-electron chi connectivity index (χ4n) is 8.92. The molecule has 14 heteroatoms. The van der Waals surface area contributed by atoms with E-state index in [9.17, 15) is 9.18 Å². The van der Waals surface area contributed by atoms with E-state index in [1.54, 1.807) is 23.0 Å². The van der Waals surface area contributed by atoms with Gasteiger partial charge in [-0.1, -0.05) is 67.1 Å². The lowest BCUT2D eigenvalue weighted by Gasteiger charge is -2.32. The van der Waals surface area contributed by atoms with Gasteiger partial charge in [0.1, 0.15) is 36.1 Å². The van der Waals surface area contributed by atoms with Crippen LogP contribution in [-0.2, 0) is 29.4 Å².